The largest absolute Gasteiger partial charge is 0.322 e. The summed E-state index contributed by atoms with van der Waals surface area (Å²) in [5.41, 5.74) is 3.14. The Balaban J connectivity index is 1.83. The molecule has 2 aromatic heterocycles. The third-order valence-electron chi connectivity index (χ3n) is 4.63. The van der Waals surface area contributed by atoms with Gasteiger partial charge in [0, 0.05) is 36.2 Å². The van der Waals surface area contributed by atoms with Gasteiger partial charge in [0.25, 0.3) is 11.5 Å². The Morgan fingerprint density at radius 1 is 1.21 bits per heavy atom. The van der Waals surface area contributed by atoms with E-state index < -0.39 is 5.91 Å². The van der Waals surface area contributed by atoms with E-state index in [0.29, 0.717) is 17.8 Å². The Morgan fingerprint density at radius 2 is 1.93 bits per heavy atom. The molecule has 7 heteroatoms. The maximum atomic E-state index is 12.9. The summed E-state index contributed by atoms with van der Waals surface area (Å²) >= 11 is 0. The van der Waals surface area contributed by atoms with Crippen molar-refractivity contribution in [1.29, 1.82) is 0 Å². The molecule has 0 spiro atoms. The number of rotatable bonds is 6. The number of anilines is 1. The molecule has 0 bridgehead atoms. The topological polar surface area (TPSA) is 83.0 Å². The van der Waals surface area contributed by atoms with Crippen molar-refractivity contribution in [3.63, 3.8) is 0 Å². The van der Waals surface area contributed by atoms with E-state index in [1.807, 2.05) is 56.3 Å². The lowest BCUT2D eigenvalue weighted by Crippen LogP contribution is -2.34. The van der Waals surface area contributed by atoms with Gasteiger partial charge in [-0.15, -0.1) is 0 Å². The van der Waals surface area contributed by atoms with E-state index >= 15 is 0 Å². The minimum absolute atomic E-state index is 0.0381. The van der Waals surface area contributed by atoms with Crippen molar-refractivity contribution in [2.45, 2.75) is 19.9 Å². The fourth-order valence-corrected chi connectivity index (χ4v) is 3.23. The van der Waals surface area contributed by atoms with Crippen LogP contribution in [0.5, 0.6) is 0 Å². The lowest BCUT2D eigenvalue weighted by molar-refractivity contribution is 0.102. The highest BCUT2D eigenvalue weighted by Gasteiger charge is 2.18. The minimum atomic E-state index is -0.398. The van der Waals surface area contributed by atoms with Gasteiger partial charge in [-0.3, -0.25) is 14.7 Å². The van der Waals surface area contributed by atoms with E-state index in [9.17, 15) is 9.59 Å². The molecule has 3 aromatic rings. The second kappa shape index (κ2) is 8.22. The molecule has 1 aromatic carbocycles. The fraction of sp³-hybridized carbons (Fsp3) is 0.286. The molecule has 0 aliphatic heterocycles. The van der Waals surface area contributed by atoms with Crippen LogP contribution in [-0.4, -0.2) is 46.2 Å². The molecule has 2 N–H and O–H groups in total. The molecule has 1 atom stereocenters. The van der Waals surface area contributed by atoms with Gasteiger partial charge in [-0.2, -0.15) is 5.10 Å². The molecule has 0 aliphatic rings. The normalized spacial score (nSPS) is 12.2. The molecule has 146 valence electrons. The number of pyridine rings is 1. The maximum absolute atomic E-state index is 12.9. The summed E-state index contributed by atoms with van der Waals surface area (Å²) in [7, 11) is 3.91. The highest BCUT2D eigenvalue weighted by molar-refractivity contribution is 6.05. The number of likely N-dealkylation sites (N-methyl/N-ethyl adjacent to an activating group) is 1. The molecule has 3 rings (SSSR count). The number of hydrogen-bond donors (Lipinski definition) is 2. The standard InChI is InChI=1S/C21H25N5O2/c1-14-9-10-26(15(2)13-25(3)4)21(28)19(14)20(27)24-18-7-5-16(6-8-18)17-11-22-23-12-17/h5-12,15H,13H2,1-4H3,(H,22,23)(H,24,27). The zero-order valence-corrected chi connectivity index (χ0v) is 16.6. The molecule has 7 nitrogen and oxygen atoms in total. The van der Waals surface area contributed by atoms with Gasteiger partial charge in [0.05, 0.1) is 6.20 Å². The Bertz CT molecular complexity index is 1000. The lowest BCUT2D eigenvalue weighted by atomic mass is 10.1. The number of carbonyl (C=O) groups is 1. The molecule has 28 heavy (non-hydrogen) atoms. The Hall–Kier alpha value is -3.19. The van der Waals surface area contributed by atoms with Crippen molar-refractivity contribution < 1.29 is 4.79 Å². The number of H-pyrrole nitrogens is 1. The van der Waals surface area contributed by atoms with E-state index in [0.717, 1.165) is 11.1 Å². The predicted molar refractivity (Wildman–Crippen MR) is 111 cm³/mol. The summed E-state index contributed by atoms with van der Waals surface area (Å²) in [6, 6.07) is 9.19. The Labute approximate surface area is 164 Å². The SMILES string of the molecule is Cc1ccn(C(C)CN(C)C)c(=O)c1C(=O)Nc1ccc(-c2cn[nH]c2)cc1. The minimum Gasteiger partial charge on any atom is -0.322 e. The van der Waals surface area contributed by atoms with Crippen molar-refractivity contribution >= 4 is 11.6 Å². The van der Waals surface area contributed by atoms with Crippen LogP contribution in [0.3, 0.4) is 0 Å². The van der Waals surface area contributed by atoms with Crippen LogP contribution in [0.15, 0.2) is 53.7 Å². The summed E-state index contributed by atoms with van der Waals surface area (Å²) in [6.07, 6.45) is 5.29. The summed E-state index contributed by atoms with van der Waals surface area (Å²) in [5, 5.41) is 9.54. The zero-order valence-electron chi connectivity index (χ0n) is 16.6. The number of benzene rings is 1. The van der Waals surface area contributed by atoms with Gasteiger partial charge >= 0.3 is 0 Å². The maximum Gasteiger partial charge on any atom is 0.263 e. The smallest absolute Gasteiger partial charge is 0.263 e. The first kappa shape index (κ1) is 19.6. The molecule has 0 radical (unpaired) electrons. The number of nitrogens with zero attached hydrogens (tertiary/aromatic N) is 3. The van der Waals surface area contributed by atoms with E-state index in [4.69, 9.17) is 0 Å². The molecule has 0 saturated heterocycles. The highest BCUT2D eigenvalue weighted by Crippen LogP contribution is 2.20. The van der Waals surface area contributed by atoms with Crippen molar-refractivity contribution in [2.24, 2.45) is 0 Å². The van der Waals surface area contributed by atoms with Gasteiger partial charge in [-0.25, -0.2) is 0 Å². The third kappa shape index (κ3) is 4.20. The first-order chi connectivity index (χ1) is 13.4. The summed E-state index contributed by atoms with van der Waals surface area (Å²) in [6.45, 7) is 4.45. The Kier molecular flexibility index (Phi) is 5.75. The number of amides is 1. The summed E-state index contributed by atoms with van der Waals surface area (Å²) < 4.78 is 1.61. The predicted octanol–water partition coefficient (Wildman–Crippen LogP) is 2.92. The average Bonchev–Trinajstić information content (AvgIpc) is 3.16. The number of nitrogens with one attached hydrogen (secondary N) is 2. The summed E-state index contributed by atoms with van der Waals surface area (Å²) in [4.78, 5) is 27.8. The van der Waals surface area contributed by atoms with Crippen LogP contribution in [0, 0.1) is 6.92 Å². The highest BCUT2D eigenvalue weighted by atomic mass is 16.2. The number of carbonyl (C=O) groups excluding carboxylic acids is 1. The quantitative estimate of drug-likeness (QED) is 0.690. The van der Waals surface area contributed by atoms with Crippen LogP contribution in [0.25, 0.3) is 11.1 Å². The third-order valence-corrected chi connectivity index (χ3v) is 4.63. The first-order valence-corrected chi connectivity index (χ1v) is 9.14. The van der Waals surface area contributed by atoms with Gasteiger partial charge in [0.2, 0.25) is 0 Å². The van der Waals surface area contributed by atoms with Crippen LogP contribution in [0.1, 0.15) is 28.9 Å². The molecule has 1 amide bonds. The van der Waals surface area contributed by atoms with Crippen LogP contribution >= 0.6 is 0 Å². The molecular formula is C21H25N5O2. The van der Waals surface area contributed by atoms with Crippen LogP contribution in [0.4, 0.5) is 5.69 Å². The molecule has 0 fully saturated rings. The van der Waals surface area contributed by atoms with Crippen LogP contribution in [-0.2, 0) is 0 Å². The monoisotopic (exact) mass is 379 g/mol. The zero-order chi connectivity index (χ0) is 20.3. The van der Waals surface area contributed by atoms with Crippen molar-refractivity contribution in [3.05, 3.63) is 70.4 Å². The van der Waals surface area contributed by atoms with Gasteiger partial charge in [0.15, 0.2) is 0 Å². The van der Waals surface area contributed by atoms with E-state index in [1.165, 1.54) is 0 Å². The second-order valence-corrected chi connectivity index (χ2v) is 7.22. The second-order valence-electron chi connectivity index (χ2n) is 7.22. The first-order valence-electron chi connectivity index (χ1n) is 9.14. The van der Waals surface area contributed by atoms with E-state index in [2.05, 4.69) is 15.5 Å². The van der Waals surface area contributed by atoms with Gasteiger partial charge in [-0.05, 0) is 57.3 Å². The van der Waals surface area contributed by atoms with Crippen LogP contribution < -0.4 is 10.9 Å². The number of hydrogen-bond acceptors (Lipinski definition) is 4. The molecule has 0 aliphatic carbocycles. The average molecular weight is 379 g/mol. The van der Waals surface area contributed by atoms with Gasteiger partial charge in [-0.1, -0.05) is 12.1 Å². The number of aryl methyl sites for hydroxylation is 1. The summed E-state index contributed by atoms with van der Waals surface area (Å²) in [5.74, 6) is -0.398. The van der Waals surface area contributed by atoms with E-state index in [1.54, 1.807) is 30.1 Å². The lowest BCUT2D eigenvalue weighted by Gasteiger charge is -2.20. The van der Waals surface area contributed by atoms with Gasteiger partial charge < -0.3 is 14.8 Å². The molecule has 2 heterocycles. The van der Waals surface area contributed by atoms with Gasteiger partial charge in [0.1, 0.15) is 5.56 Å². The van der Waals surface area contributed by atoms with Crippen molar-refractivity contribution in [3.8, 4) is 11.1 Å². The Morgan fingerprint density at radius 3 is 2.54 bits per heavy atom. The number of aromatic nitrogens is 3. The molecule has 0 saturated carbocycles. The van der Waals surface area contributed by atoms with Crippen molar-refractivity contribution in [2.75, 3.05) is 26.0 Å². The fourth-order valence-electron chi connectivity index (χ4n) is 3.23. The molecule has 1 unspecified atom stereocenters. The van der Waals surface area contributed by atoms with E-state index in [-0.39, 0.29) is 17.2 Å². The molecular weight excluding hydrogens is 354 g/mol. The van der Waals surface area contributed by atoms with Crippen molar-refractivity contribution in [1.82, 2.24) is 19.7 Å². The number of aromatic amines is 1. The van der Waals surface area contributed by atoms with Crippen LogP contribution in [0.2, 0.25) is 0 Å².